The van der Waals surface area contributed by atoms with E-state index in [0.29, 0.717) is 44.6 Å². The van der Waals surface area contributed by atoms with Crippen LogP contribution in [0.2, 0.25) is 10.0 Å². The Morgan fingerprint density at radius 2 is 1.82 bits per heavy atom. The fourth-order valence-corrected chi connectivity index (χ4v) is 5.10. The Balaban J connectivity index is 1.92. The van der Waals surface area contributed by atoms with Crippen molar-refractivity contribution in [3.63, 3.8) is 0 Å². The standard InChI is InChI=1S/C19H17Cl2F2N3OS/c20-12-2-1-3-14(8-12)28(27)26-11-15(19(22)23)18-16(9-13(21)10-17(18)26)25-6-4-24-5-7-25/h1-3,8-11,19,24H,4-7H2. The predicted octanol–water partition coefficient (Wildman–Crippen LogP) is 4.87. The molecule has 0 spiro atoms. The number of anilines is 1. The quantitative estimate of drug-likeness (QED) is 0.585. The van der Waals surface area contributed by atoms with Crippen LogP contribution in [0.1, 0.15) is 12.0 Å². The SMILES string of the molecule is [O-][S+](c1cccc(Cl)c1)n1cc(C(F)F)c2c(N3CCNCC3)cc(Cl)cc21. The van der Waals surface area contributed by atoms with Gasteiger partial charge in [-0.2, -0.15) is 3.97 Å². The van der Waals surface area contributed by atoms with Gasteiger partial charge >= 0.3 is 0 Å². The summed E-state index contributed by atoms with van der Waals surface area (Å²) < 4.78 is 42.3. The molecular formula is C19H17Cl2F2N3OS. The van der Waals surface area contributed by atoms with E-state index >= 15 is 0 Å². The first-order valence-electron chi connectivity index (χ1n) is 8.72. The summed E-state index contributed by atoms with van der Waals surface area (Å²) in [6.45, 7) is 2.88. The monoisotopic (exact) mass is 443 g/mol. The Labute approximate surface area is 174 Å². The van der Waals surface area contributed by atoms with E-state index in [0.717, 1.165) is 13.1 Å². The third-order valence-corrected chi connectivity index (χ3v) is 6.48. The Kier molecular flexibility index (Phi) is 5.71. The molecule has 28 heavy (non-hydrogen) atoms. The minimum Gasteiger partial charge on any atom is -0.587 e. The second-order valence-electron chi connectivity index (χ2n) is 6.47. The molecule has 0 saturated carbocycles. The predicted molar refractivity (Wildman–Crippen MR) is 110 cm³/mol. The summed E-state index contributed by atoms with van der Waals surface area (Å²) in [6.07, 6.45) is -1.45. The van der Waals surface area contributed by atoms with Gasteiger partial charge in [-0.05, 0) is 24.3 Å². The van der Waals surface area contributed by atoms with Crippen LogP contribution in [-0.4, -0.2) is 34.7 Å². The van der Waals surface area contributed by atoms with Gasteiger partial charge < -0.3 is 14.8 Å². The van der Waals surface area contributed by atoms with Gasteiger partial charge in [-0.25, -0.2) is 8.78 Å². The summed E-state index contributed by atoms with van der Waals surface area (Å²) in [4.78, 5) is 2.46. The van der Waals surface area contributed by atoms with E-state index in [-0.39, 0.29) is 5.56 Å². The highest BCUT2D eigenvalue weighted by molar-refractivity contribution is 7.90. The maximum absolute atomic E-state index is 13.9. The molecule has 4 rings (SSSR count). The molecule has 1 atom stereocenters. The topological polar surface area (TPSA) is 43.3 Å². The molecule has 1 aliphatic heterocycles. The highest BCUT2D eigenvalue weighted by atomic mass is 35.5. The Bertz CT molecular complexity index is 1010. The molecule has 1 saturated heterocycles. The minimum atomic E-state index is -2.71. The van der Waals surface area contributed by atoms with Crippen LogP contribution in [0.4, 0.5) is 14.5 Å². The highest BCUT2D eigenvalue weighted by Crippen LogP contribution is 2.40. The van der Waals surface area contributed by atoms with Crippen molar-refractivity contribution in [1.29, 1.82) is 0 Å². The first-order chi connectivity index (χ1) is 13.5. The zero-order chi connectivity index (χ0) is 19.8. The third kappa shape index (κ3) is 3.69. The van der Waals surface area contributed by atoms with Gasteiger partial charge in [0.05, 0.1) is 11.8 Å². The Hall–Kier alpha value is -1.51. The maximum atomic E-state index is 13.9. The van der Waals surface area contributed by atoms with Gasteiger partial charge in [0, 0.05) is 53.4 Å². The lowest BCUT2D eigenvalue weighted by Crippen LogP contribution is -2.43. The molecule has 1 unspecified atom stereocenters. The number of nitrogens with one attached hydrogen (secondary N) is 1. The normalized spacial score (nSPS) is 16.1. The molecule has 2 aromatic carbocycles. The van der Waals surface area contributed by atoms with Gasteiger partial charge in [0.25, 0.3) is 6.43 Å². The number of nitrogens with zero attached hydrogens (tertiary/aromatic N) is 2. The zero-order valence-corrected chi connectivity index (χ0v) is 17.0. The van der Waals surface area contributed by atoms with Crippen LogP contribution in [0.3, 0.4) is 0 Å². The Morgan fingerprint density at radius 1 is 1.07 bits per heavy atom. The van der Waals surface area contributed by atoms with Crippen molar-refractivity contribution in [1.82, 2.24) is 9.29 Å². The molecule has 148 valence electrons. The fraction of sp³-hybridized carbons (Fsp3) is 0.263. The molecule has 9 heteroatoms. The van der Waals surface area contributed by atoms with Crippen LogP contribution in [0, 0.1) is 0 Å². The number of halogens is 4. The van der Waals surface area contributed by atoms with Crippen LogP contribution < -0.4 is 10.2 Å². The van der Waals surface area contributed by atoms with E-state index in [1.54, 1.807) is 36.4 Å². The summed E-state index contributed by atoms with van der Waals surface area (Å²) in [5, 5.41) is 4.46. The van der Waals surface area contributed by atoms with E-state index < -0.39 is 17.8 Å². The first kappa shape index (κ1) is 19.8. The third-order valence-electron chi connectivity index (χ3n) is 4.71. The lowest BCUT2D eigenvalue weighted by atomic mass is 10.1. The Morgan fingerprint density at radius 3 is 2.50 bits per heavy atom. The van der Waals surface area contributed by atoms with Crippen molar-refractivity contribution >= 4 is 51.2 Å². The second-order valence-corrected chi connectivity index (χ2v) is 8.71. The van der Waals surface area contributed by atoms with E-state index in [4.69, 9.17) is 23.2 Å². The molecule has 4 nitrogen and oxygen atoms in total. The van der Waals surface area contributed by atoms with Crippen molar-refractivity contribution in [2.24, 2.45) is 0 Å². The number of alkyl halides is 2. The number of hydrogen-bond acceptors (Lipinski definition) is 3. The number of benzene rings is 2. The lowest BCUT2D eigenvalue weighted by molar-refractivity contribution is 0.153. The average Bonchev–Trinajstić information content (AvgIpc) is 3.07. The summed E-state index contributed by atoms with van der Waals surface area (Å²) in [5.74, 6) is 0. The minimum absolute atomic E-state index is 0.157. The second kappa shape index (κ2) is 8.08. The van der Waals surface area contributed by atoms with E-state index in [1.807, 2.05) is 4.90 Å². The number of hydrogen-bond donors (Lipinski definition) is 1. The van der Waals surface area contributed by atoms with Gasteiger partial charge in [-0.15, -0.1) is 0 Å². The van der Waals surface area contributed by atoms with Crippen LogP contribution in [0.15, 0.2) is 47.5 Å². The van der Waals surface area contributed by atoms with E-state index in [2.05, 4.69) is 5.32 Å². The number of rotatable bonds is 4. The van der Waals surface area contributed by atoms with Crippen LogP contribution in [0.25, 0.3) is 10.9 Å². The average molecular weight is 444 g/mol. The van der Waals surface area contributed by atoms with Crippen molar-refractivity contribution < 1.29 is 13.3 Å². The van der Waals surface area contributed by atoms with Crippen molar-refractivity contribution in [2.45, 2.75) is 11.3 Å². The summed E-state index contributed by atoms with van der Waals surface area (Å²) >= 11 is 10.6. The highest BCUT2D eigenvalue weighted by Gasteiger charge is 2.28. The van der Waals surface area contributed by atoms with Gasteiger partial charge in [-0.1, -0.05) is 29.3 Å². The molecule has 0 bridgehead atoms. The molecule has 1 aliphatic rings. The molecule has 0 radical (unpaired) electrons. The largest absolute Gasteiger partial charge is 0.587 e. The lowest BCUT2D eigenvalue weighted by Gasteiger charge is -2.30. The number of fused-ring (bicyclic) bond motifs is 1. The summed E-state index contributed by atoms with van der Waals surface area (Å²) in [6, 6.07) is 9.84. The molecule has 3 aromatic rings. The summed E-state index contributed by atoms with van der Waals surface area (Å²) in [5.41, 5.74) is 0.895. The number of piperazine rings is 1. The molecular weight excluding hydrogens is 427 g/mol. The van der Waals surface area contributed by atoms with E-state index in [9.17, 15) is 13.3 Å². The van der Waals surface area contributed by atoms with E-state index in [1.165, 1.54) is 10.2 Å². The van der Waals surface area contributed by atoms with Crippen LogP contribution >= 0.6 is 23.2 Å². The van der Waals surface area contributed by atoms with Gasteiger partial charge in [-0.3, -0.25) is 0 Å². The zero-order valence-electron chi connectivity index (χ0n) is 14.7. The molecule has 1 fully saturated rings. The van der Waals surface area contributed by atoms with Crippen LogP contribution in [-0.2, 0) is 11.4 Å². The summed E-state index contributed by atoms with van der Waals surface area (Å²) in [7, 11) is 0. The maximum Gasteiger partial charge on any atom is 0.266 e. The van der Waals surface area contributed by atoms with Crippen molar-refractivity contribution in [3.05, 3.63) is 58.2 Å². The molecule has 2 heterocycles. The number of aromatic nitrogens is 1. The molecule has 0 aliphatic carbocycles. The smallest absolute Gasteiger partial charge is 0.266 e. The van der Waals surface area contributed by atoms with Gasteiger partial charge in [0.15, 0.2) is 4.90 Å². The fourth-order valence-electron chi connectivity index (χ4n) is 3.46. The molecule has 1 N–H and O–H groups in total. The molecule has 1 aromatic heterocycles. The van der Waals surface area contributed by atoms with Crippen molar-refractivity contribution in [2.75, 3.05) is 31.1 Å². The van der Waals surface area contributed by atoms with Gasteiger partial charge in [0.1, 0.15) is 16.9 Å². The van der Waals surface area contributed by atoms with Crippen LogP contribution in [0.5, 0.6) is 0 Å². The van der Waals surface area contributed by atoms with Crippen molar-refractivity contribution in [3.8, 4) is 0 Å². The first-order valence-corrected chi connectivity index (χ1v) is 10.6. The van der Waals surface area contributed by atoms with Gasteiger partial charge in [0.2, 0.25) is 0 Å². The molecule has 0 amide bonds.